The van der Waals surface area contributed by atoms with E-state index in [4.69, 9.17) is 16.0 Å². The van der Waals surface area contributed by atoms with Gasteiger partial charge < -0.3 is 14.6 Å². The summed E-state index contributed by atoms with van der Waals surface area (Å²) in [4.78, 5) is 17.7. The van der Waals surface area contributed by atoms with E-state index < -0.39 is 17.7 Å². The number of fused-ring (bicyclic) bond motifs is 3. The van der Waals surface area contributed by atoms with Crippen molar-refractivity contribution < 1.29 is 22.4 Å². The molecular formula is C26H25ClF3N3O2. The summed E-state index contributed by atoms with van der Waals surface area (Å²) >= 11 is 6.01. The van der Waals surface area contributed by atoms with Crippen molar-refractivity contribution in [2.75, 3.05) is 24.5 Å². The number of hydrogen-bond acceptors (Lipinski definition) is 4. The Morgan fingerprint density at radius 2 is 1.91 bits per heavy atom. The van der Waals surface area contributed by atoms with E-state index in [0.29, 0.717) is 36.0 Å². The molecule has 2 aliphatic rings. The molecule has 1 N–H and O–H groups in total. The SMILES string of the molecule is O=C(NCc1ccco1)C1Cc2cc(C(F)(F)F)ccc2N2CCN(Cc3ccc(Cl)cc3)CC12. The van der Waals surface area contributed by atoms with Gasteiger partial charge >= 0.3 is 6.18 Å². The Balaban J connectivity index is 1.40. The zero-order valence-electron chi connectivity index (χ0n) is 18.9. The van der Waals surface area contributed by atoms with Gasteiger partial charge in [0, 0.05) is 36.9 Å². The molecule has 184 valence electrons. The summed E-state index contributed by atoms with van der Waals surface area (Å²) in [5.74, 6) is -0.0550. The predicted octanol–water partition coefficient (Wildman–Crippen LogP) is 5.13. The molecule has 2 atom stereocenters. The van der Waals surface area contributed by atoms with Crippen molar-refractivity contribution in [3.8, 4) is 0 Å². The Bertz CT molecular complexity index is 1180. The van der Waals surface area contributed by atoms with Crippen LogP contribution in [0.1, 0.15) is 22.5 Å². The molecule has 5 nitrogen and oxygen atoms in total. The summed E-state index contributed by atoms with van der Waals surface area (Å²) in [6.45, 7) is 2.93. The summed E-state index contributed by atoms with van der Waals surface area (Å²) in [7, 11) is 0. The van der Waals surface area contributed by atoms with E-state index in [9.17, 15) is 18.0 Å². The number of benzene rings is 2. The first-order chi connectivity index (χ1) is 16.8. The van der Waals surface area contributed by atoms with Gasteiger partial charge in [-0.2, -0.15) is 13.2 Å². The Morgan fingerprint density at radius 1 is 1.11 bits per heavy atom. The monoisotopic (exact) mass is 503 g/mol. The molecule has 1 amide bonds. The normalized spacial score (nSPS) is 20.3. The molecule has 2 aliphatic heterocycles. The number of alkyl halides is 3. The first-order valence-electron chi connectivity index (χ1n) is 11.5. The van der Waals surface area contributed by atoms with Crippen LogP contribution in [0.15, 0.2) is 65.3 Å². The number of halogens is 4. The highest BCUT2D eigenvalue weighted by molar-refractivity contribution is 6.30. The summed E-state index contributed by atoms with van der Waals surface area (Å²) in [5.41, 5.74) is 1.77. The highest BCUT2D eigenvalue weighted by Gasteiger charge is 2.42. The maximum atomic E-state index is 13.4. The molecule has 3 heterocycles. The van der Waals surface area contributed by atoms with E-state index in [1.807, 2.05) is 24.3 Å². The average molecular weight is 504 g/mol. The molecule has 0 saturated carbocycles. The highest BCUT2D eigenvalue weighted by atomic mass is 35.5. The number of anilines is 1. The Hall–Kier alpha value is -2.97. The maximum Gasteiger partial charge on any atom is 0.416 e. The van der Waals surface area contributed by atoms with Crippen LogP contribution in [0.2, 0.25) is 5.02 Å². The van der Waals surface area contributed by atoms with Crippen LogP contribution in [0.3, 0.4) is 0 Å². The lowest BCUT2D eigenvalue weighted by Gasteiger charge is -2.49. The quantitative estimate of drug-likeness (QED) is 0.524. The first-order valence-corrected chi connectivity index (χ1v) is 11.9. The van der Waals surface area contributed by atoms with E-state index in [1.165, 1.54) is 12.3 Å². The van der Waals surface area contributed by atoms with Crippen LogP contribution in [-0.2, 0) is 30.5 Å². The number of nitrogens with zero attached hydrogens (tertiary/aromatic N) is 2. The maximum absolute atomic E-state index is 13.4. The zero-order valence-corrected chi connectivity index (χ0v) is 19.6. The van der Waals surface area contributed by atoms with Gasteiger partial charge in [-0.15, -0.1) is 0 Å². The van der Waals surface area contributed by atoms with Gasteiger partial charge in [-0.1, -0.05) is 23.7 Å². The van der Waals surface area contributed by atoms with Gasteiger partial charge in [0.25, 0.3) is 0 Å². The lowest BCUT2D eigenvalue weighted by Crippen LogP contribution is -2.60. The molecule has 2 unspecified atom stereocenters. The fraction of sp³-hybridized carbons (Fsp3) is 0.346. The smallest absolute Gasteiger partial charge is 0.416 e. The van der Waals surface area contributed by atoms with Gasteiger partial charge in [0.2, 0.25) is 5.91 Å². The Kier molecular flexibility index (Phi) is 6.51. The lowest BCUT2D eigenvalue weighted by atomic mass is 9.82. The van der Waals surface area contributed by atoms with E-state index in [0.717, 1.165) is 23.9 Å². The van der Waals surface area contributed by atoms with E-state index in [2.05, 4.69) is 15.1 Å². The number of nitrogens with one attached hydrogen (secondary N) is 1. The number of hydrogen-bond donors (Lipinski definition) is 1. The standard InChI is InChI=1S/C26H25ClF3N3O2/c27-20-6-3-17(4-7-20)15-32-9-10-33-23-8-5-19(26(28,29)30)12-18(23)13-22(24(33)16-32)25(34)31-14-21-2-1-11-35-21/h1-8,11-12,22,24H,9-10,13-16H2,(H,31,34). The minimum Gasteiger partial charge on any atom is -0.467 e. The second-order valence-corrected chi connectivity index (χ2v) is 9.51. The van der Waals surface area contributed by atoms with E-state index >= 15 is 0 Å². The molecule has 9 heteroatoms. The molecule has 5 rings (SSSR count). The summed E-state index contributed by atoms with van der Waals surface area (Å²) in [6.07, 6.45) is -2.64. The van der Waals surface area contributed by atoms with Crippen molar-refractivity contribution in [2.45, 2.75) is 31.7 Å². The fourth-order valence-corrected chi connectivity index (χ4v) is 5.19. The minimum atomic E-state index is -4.43. The van der Waals surface area contributed by atoms with Crippen LogP contribution in [0.25, 0.3) is 0 Å². The largest absolute Gasteiger partial charge is 0.467 e. The molecule has 3 aromatic rings. The number of amides is 1. The van der Waals surface area contributed by atoms with Crippen LogP contribution >= 0.6 is 11.6 Å². The molecule has 1 aromatic heterocycles. The van der Waals surface area contributed by atoms with Gasteiger partial charge in [0.15, 0.2) is 0 Å². The molecule has 0 spiro atoms. The van der Waals surface area contributed by atoms with Crippen molar-refractivity contribution in [3.05, 3.63) is 88.3 Å². The molecule has 35 heavy (non-hydrogen) atoms. The third-order valence-electron chi connectivity index (χ3n) is 6.80. The van der Waals surface area contributed by atoms with Crippen molar-refractivity contribution in [1.29, 1.82) is 0 Å². The molecular weight excluding hydrogens is 479 g/mol. The van der Waals surface area contributed by atoms with Crippen LogP contribution in [0.5, 0.6) is 0 Å². The van der Waals surface area contributed by atoms with E-state index in [-0.39, 0.29) is 24.9 Å². The third kappa shape index (κ3) is 5.18. The molecule has 1 saturated heterocycles. The molecule has 0 bridgehead atoms. The number of piperazine rings is 1. The highest BCUT2D eigenvalue weighted by Crippen LogP contribution is 2.40. The van der Waals surface area contributed by atoms with Crippen molar-refractivity contribution in [3.63, 3.8) is 0 Å². The van der Waals surface area contributed by atoms with Gasteiger partial charge in [0.1, 0.15) is 5.76 Å². The minimum absolute atomic E-state index is 0.156. The number of furan rings is 1. The number of rotatable bonds is 5. The summed E-state index contributed by atoms with van der Waals surface area (Å²) in [5, 5.41) is 3.59. The van der Waals surface area contributed by atoms with Crippen LogP contribution in [-0.4, -0.2) is 36.5 Å². The third-order valence-corrected chi connectivity index (χ3v) is 7.05. The second-order valence-electron chi connectivity index (χ2n) is 9.07. The van der Waals surface area contributed by atoms with Gasteiger partial charge in [-0.3, -0.25) is 9.69 Å². The average Bonchev–Trinajstić information content (AvgIpc) is 3.36. The van der Waals surface area contributed by atoms with Gasteiger partial charge in [0.05, 0.1) is 30.3 Å². The molecule has 0 radical (unpaired) electrons. The second kappa shape index (κ2) is 9.59. The molecule has 2 aromatic carbocycles. The number of carbonyl (C=O) groups is 1. The molecule has 0 aliphatic carbocycles. The van der Waals surface area contributed by atoms with Crippen molar-refractivity contribution in [1.82, 2.24) is 10.2 Å². The van der Waals surface area contributed by atoms with Gasteiger partial charge in [-0.05, 0) is 60.0 Å². The fourth-order valence-electron chi connectivity index (χ4n) is 5.07. The Morgan fingerprint density at radius 3 is 2.63 bits per heavy atom. The summed E-state index contributed by atoms with van der Waals surface area (Å²) < 4.78 is 45.5. The molecule has 1 fully saturated rings. The van der Waals surface area contributed by atoms with E-state index in [1.54, 1.807) is 18.2 Å². The summed E-state index contributed by atoms with van der Waals surface area (Å²) in [6, 6.07) is 14.9. The van der Waals surface area contributed by atoms with Gasteiger partial charge in [-0.25, -0.2) is 0 Å². The zero-order chi connectivity index (χ0) is 24.6. The predicted molar refractivity (Wildman–Crippen MR) is 127 cm³/mol. The topological polar surface area (TPSA) is 48.7 Å². The van der Waals surface area contributed by atoms with Crippen LogP contribution in [0, 0.1) is 5.92 Å². The van der Waals surface area contributed by atoms with Crippen molar-refractivity contribution >= 4 is 23.2 Å². The van der Waals surface area contributed by atoms with Crippen LogP contribution < -0.4 is 10.2 Å². The first kappa shape index (κ1) is 23.8. The van der Waals surface area contributed by atoms with Crippen LogP contribution in [0.4, 0.5) is 18.9 Å². The number of carbonyl (C=O) groups excluding carboxylic acids is 1. The van der Waals surface area contributed by atoms with Crippen molar-refractivity contribution in [2.24, 2.45) is 5.92 Å². The lowest BCUT2D eigenvalue weighted by molar-refractivity contribution is -0.137. The Labute approximate surface area is 206 Å².